The first-order valence-electron chi connectivity index (χ1n) is 11.7. The van der Waals surface area contributed by atoms with Crippen molar-refractivity contribution >= 4 is 5.97 Å². The highest BCUT2D eigenvalue weighted by atomic mass is 16.4. The van der Waals surface area contributed by atoms with Crippen LogP contribution in [0.3, 0.4) is 0 Å². The van der Waals surface area contributed by atoms with Gasteiger partial charge in [-0.2, -0.15) is 0 Å². The number of aliphatic hydroxyl groups is 2. The molecular formula is C24H40O4. The summed E-state index contributed by atoms with van der Waals surface area (Å²) in [5.41, 5.74) is 0.523. The molecule has 7 unspecified atom stereocenters. The third-order valence-corrected chi connectivity index (χ3v) is 10.2. The van der Waals surface area contributed by atoms with Crippen LogP contribution in [-0.2, 0) is 4.79 Å². The van der Waals surface area contributed by atoms with E-state index in [1.807, 2.05) is 0 Å². The van der Waals surface area contributed by atoms with E-state index >= 15 is 0 Å². The van der Waals surface area contributed by atoms with Crippen LogP contribution in [0.25, 0.3) is 0 Å². The third kappa shape index (κ3) is 3.14. The Labute approximate surface area is 170 Å². The van der Waals surface area contributed by atoms with E-state index in [2.05, 4.69) is 20.8 Å². The van der Waals surface area contributed by atoms with E-state index in [1.54, 1.807) is 0 Å². The van der Waals surface area contributed by atoms with Gasteiger partial charge in [0, 0.05) is 6.42 Å². The minimum Gasteiger partial charge on any atom is -0.481 e. The van der Waals surface area contributed by atoms with Crippen molar-refractivity contribution in [1.29, 1.82) is 0 Å². The Hall–Kier alpha value is -0.610. The van der Waals surface area contributed by atoms with E-state index in [0.717, 1.165) is 32.1 Å². The fraction of sp³-hybridized carbons (Fsp3) is 0.958. The highest BCUT2D eigenvalue weighted by Crippen LogP contribution is 2.68. The minimum atomic E-state index is -0.684. The Kier molecular flexibility index (Phi) is 5.36. The van der Waals surface area contributed by atoms with Crippen molar-refractivity contribution in [3.8, 4) is 0 Å². The van der Waals surface area contributed by atoms with Crippen LogP contribution in [0, 0.1) is 46.3 Å². The van der Waals surface area contributed by atoms with Gasteiger partial charge in [0.05, 0.1) is 12.2 Å². The lowest BCUT2D eigenvalue weighted by molar-refractivity contribution is -0.174. The molecule has 4 rings (SSSR count). The van der Waals surface area contributed by atoms with Crippen LogP contribution in [0.1, 0.15) is 85.0 Å². The molecule has 0 saturated heterocycles. The van der Waals surface area contributed by atoms with Gasteiger partial charge in [0.2, 0.25) is 0 Å². The van der Waals surface area contributed by atoms with Crippen LogP contribution in [-0.4, -0.2) is 33.5 Å². The zero-order valence-electron chi connectivity index (χ0n) is 17.9. The van der Waals surface area contributed by atoms with Crippen LogP contribution in [0.4, 0.5) is 0 Å². The summed E-state index contributed by atoms with van der Waals surface area (Å²) in [5, 5.41) is 30.5. The SMILES string of the molecule is C[C@H](CCC(=O)O)C1CCC2C3C(O)CC4C[C@H](O)CCC4(C)C3CC[C@@]21C. The summed E-state index contributed by atoms with van der Waals surface area (Å²) in [4.78, 5) is 11.1. The second-order valence-corrected chi connectivity index (χ2v) is 11.4. The molecule has 160 valence electrons. The maximum absolute atomic E-state index is 11.2. The molecule has 0 aromatic carbocycles. The molecule has 4 heteroatoms. The molecule has 0 spiro atoms. The smallest absolute Gasteiger partial charge is 0.303 e. The first kappa shape index (κ1) is 20.7. The molecule has 0 aromatic heterocycles. The standard InChI is InChI=1S/C24H40O4/c1-14(4-7-21(27)28)17-5-6-18-22-19(9-11-24(17,18)3)23(2)10-8-16(25)12-15(23)13-20(22)26/h14-20,22,25-26H,4-13H2,1-3H3,(H,27,28)/t14-,15?,16-,17?,18?,19?,20?,22?,23?,24-/m1/s1. The van der Waals surface area contributed by atoms with Gasteiger partial charge < -0.3 is 15.3 Å². The average molecular weight is 393 g/mol. The zero-order chi connectivity index (χ0) is 20.3. The van der Waals surface area contributed by atoms with Gasteiger partial charge >= 0.3 is 5.97 Å². The molecule has 4 aliphatic carbocycles. The molecular weight excluding hydrogens is 352 g/mol. The predicted molar refractivity (Wildman–Crippen MR) is 109 cm³/mol. The lowest BCUT2D eigenvalue weighted by Crippen LogP contribution is -2.58. The third-order valence-electron chi connectivity index (χ3n) is 10.2. The molecule has 28 heavy (non-hydrogen) atoms. The highest BCUT2D eigenvalue weighted by Gasteiger charge is 2.62. The van der Waals surface area contributed by atoms with E-state index in [0.29, 0.717) is 35.5 Å². The van der Waals surface area contributed by atoms with Crippen molar-refractivity contribution in [2.75, 3.05) is 0 Å². The Balaban J connectivity index is 1.55. The van der Waals surface area contributed by atoms with E-state index in [9.17, 15) is 15.0 Å². The van der Waals surface area contributed by atoms with Gasteiger partial charge in [-0.05, 0) is 104 Å². The summed E-state index contributed by atoms with van der Waals surface area (Å²) >= 11 is 0. The second-order valence-electron chi connectivity index (χ2n) is 11.4. The molecule has 4 fully saturated rings. The van der Waals surface area contributed by atoms with E-state index < -0.39 is 5.97 Å². The number of aliphatic carboxylic acids is 1. The second kappa shape index (κ2) is 7.27. The topological polar surface area (TPSA) is 77.8 Å². The largest absolute Gasteiger partial charge is 0.481 e. The summed E-state index contributed by atoms with van der Waals surface area (Å²) in [5.74, 6) is 2.36. The number of hydrogen-bond donors (Lipinski definition) is 3. The van der Waals surface area contributed by atoms with Crippen molar-refractivity contribution in [2.24, 2.45) is 46.3 Å². The molecule has 0 aliphatic heterocycles. The Morgan fingerprint density at radius 2 is 1.68 bits per heavy atom. The number of aliphatic hydroxyl groups excluding tert-OH is 2. The molecule has 0 heterocycles. The summed E-state index contributed by atoms with van der Waals surface area (Å²) < 4.78 is 0. The molecule has 0 bridgehead atoms. The monoisotopic (exact) mass is 392 g/mol. The Bertz CT molecular complexity index is 605. The molecule has 3 N–H and O–H groups in total. The lowest BCUT2D eigenvalue weighted by atomic mass is 9.43. The molecule has 0 aromatic rings. The van der Waals surface area contributed by atoms with Gasteiger partial charge in [0.15, 0.2) is 0 Å². The minimum absolute atomic E-state index is 0.179. The van der Waals surface area contributed by atoms with Gasteiger partial charge in [-0.25, -0.2) is 0 Å². The number of carboxylic acid groups (broad SMARTS) is 1. The van der Waals surface area contributed by atoms with Gasteiger partial charge in [-0.3, -0.25) is 4.79 Å². The van der Waals surface area contributed by atoms with Gasteiger partial charge in [-0.1, -0.05) is 20.8 Å². The van der Waals surface area contributed by atoms with Gasteiger partial charge in [0.1, 0.15) is 0 Å². The molecule has 0 radical (unpaired) electrons. The van der Waals surface area contributed by atoms with Gasteiger partial charge in [0.25, 0.3) is 0 Å². The van der Waals surface area contributed by atoms with Crippen molar-refractivity contribution in [2.45, 2.75) is 97.2 Å². The average Bonchev–Trinajstić information content (AvgIpc) is 2.98. The van der Waals surface area contributed by atoms with Crippen LogP contribution in [0.5, 0.6) is 0 Å². The summed E-state index contributed by atoms with van der Waals surface area (Å²) in [7, 11) is 0. The number of carboxylic acids is 1. The summed E-state index contributed by atoms with van der Waals surface area (Å²) in [6, 6.07) is 0. The number of carbonyl (C=O) groups is 1. The van der Waals surface area contributed by atoms with Crippen LogP contribution in [0.15, 0.2) is 0 Å². The van der Waals surface area contributed by atoms with Crippen LogP contribution in [0.2, 0.25) is 0 Å². The Morgan fingerprint density at radius 3 is 2.39 bits per heavy atom. The van der Waals surface area contributed by atoms with E-state index in [1.165, 1.54) is 25.7 Å². The van der Waals surface area contributed by atoms with E-state index in [-0.39, 0.29) is 29.5 Å². The maximum atomic E-state index is 11.2. The molecule has 4 saturated carbocycles. The first-order chi connectivity index (χ1) is 13.2. The number of rotatable bonds is 4. The van der Waals surface area contributed by atoms with Crippen LogP contribution >= 0.6 is 0 Å². The van der Waals surface area contributed by atoms with Crippen molar-refractivity contribution < 1.29 is 20.1 Å². The van der Waals surface area contributed by atoms with Crippen molar-refractivity contribution in [3.63, 3.8) is 0 Å². The summed E-state index contributed by atoms with van der Waals surface area (Å²) in [6.07, 6.45) is 9.19. The lowest BCUT2D eigenvalue weighted by Gasteiger charge is -2.62. The summed E-state index contributed by atoms with van der Waals surface area (Å²) in [6.45, 7) is 7.16. The fourth-order valence-electron chi connectivity index (χ4n) is 8.73. The van der Waals surface area contributed by atoms with Crippen molar-refractivity contribution in [3.05, 3.63) is 0 Å². The maximum Gasteiger partial charge on any atom is 0.303 e. The number of fused-ring (bicyclic) bond motifs is 5. The van der Waals surface area contributed by atoms with E-state index in [4.69, 9.17) is 5.11 Å². The molecule has 4 nitrogen and oxygen atoms in total. The fourth-order valence-corrected chi connectivity index (χ4v) is 8.73. The van der Waals surface area contributed by atoms with Crippen LogP contribution < -0.4 is 0 Å². The van der Waals surface area contributed by atoms with Gasteiger partial charge in [-0.15, -0.1) is 0 Å². The molecule has 4 aliphatic rings. The molecule has 0 amide bonds. The quantitative estimate of drug-likeness (QED) is 0.659. The predicted octanol–water partition coefficient (Wildman–Crippen LogP) is 4.48. The number of hydrogen-bond acceptors (Lipinski definition) is 3. The molecule has 10 atom stereocenters. The highest BCUT2D eigenvalue weighted by molar-refractivity contribution is 5.66. The Morgan fingerprint density at radius 1 is 1.00 bits per heavy atom. The zero-order valence-corrected chi connectivity index (χ0v) is 17.9. The normalized spacial score (nSPS) is 51.7. The van der Waals surface area contributed by atoms with Crippen molar-refractivity contribution in [1.82, 2.24) is 0 Å². The first-order valence-corrected chi connectivity index (χ1v) is 11.7.